The minimum atomic E-state index is 0.427. The summed E-state index contributed by atoms with van der Waals surface area (Å²) in [5.41, 5.74) is 1.90. The van der Waals surface area contributed by atoms with E-state index in [0.717, 1.165) is 16.9 Å². The Morgan fingerprint density at radius 1 is 1.53 bits per heavy atom. The van der Waals surface area contributed by atoms with E-state index in [1.54, 1.807) is 20.2 Å². The molecule has 1 rings (SSSR count). The summed E-state index contributed by atoms with van der Waals surface area (Å²) >= 11 is 11.7. The van der Waals surface area contributed by atoms with Crippen molar-refractivity contribution in [1.82, 2.24) is 5.32 Å². The molecular weight excluding hydrogens is 233 g/mol. The molecule has 4 heteroatoms. The molecule has 82 valence electrons. The number of rotatable bonds is 4. The van der Waals surface area contributed by atoms with Gasteiger partial charge in [0, 0.05) is 18.5 Å². The lowest BCUT2D eigenvalue weighted by atomic mass is 10.1. The predicted molar refractivity (Wildman–Crippen MR) is 65.4 cm³/mol. The van der Waals surface area contributed by atoms with Crippen molar-refractivity contribution in [3.63, 3.8) is 0 Å². The van der Waals surface area contributed by atoms with Gasteiger partial charge in [-0.25, -0.2) is 0 Å². The highest BCUT2D eigenvalue weighted by Crippen LogP contribution is 2.26. The molecule has 1 aromatic carbocycles. The van der Waals surface area contributed by atoms with Crippen LogP contribution in [-0.4, -0.2) is 14.2 Å². The molecule has 0 aromatic heterocycles. The van der Waals surface area contributed by atoms with Crippen LogP contribution in [0.25, 0.3) is 6.08 Å². The summed E-state index contributed by atoms with van der Waals surface area (Å²) in [6, 6.07) is 5.73. The van der Waals surface area contributed by atoms with Gasteiger partial charge in [0.2, 0.25) is 0 Å². The standard InChI is InChI=1S/C11H13Cl2NO/c1-14-11(13)6-9-8(7-12)4-3-5-10(9)15-2/h3-6,14H,7H2,1-2H3/b11-6-. The zero-order valence-corrected chi connectivity index (χ0v) is 10.2. The van der Waals surface area contributed by atoms with Gasteiger partial charge in [0.1, 0.15) is 10.9 Å². The summed E-state index contributed by atoms with van der Waals surface area (Å²) < 4.78 is 5.24. The molecule has 0 atom stereocenters. The van der Waals surface area contributed by atoms with Gasteiger partial charge in [-0.15, -0.1) is 11.6 Å². The highest BCUT2D eigenvalue weighted by molar-refractivity contribution is 6.31. The third-order valence-electron chi connectivity index (χ3n) is 2.03. The first-order chi connectivity index (χ1) is 7.22. The zero-order valence-electron chi connectivity index (χ0n) is 8.68. The van der Waals surface area contributed by atoms with Gasteiger partial charge in [-0.1, -0.05) is 23.7 Å². The zero-order chi connectivity index (χ0) is 11.3. The number of benzene rings is 1. The molecule has 1 aromatic rings. The van der Waals surface area contributed by atoms with Crippen molar-refractivity contribution in [3.05, 3.63) is 34.5 Å². The number of ether oxygens (including phenoxy) is 1. The first kappa shape index (κ1) is 12.2. The molecule has 0 spiro atoms. The maximum Gasteiger partial charge on any atom is 0.126 e. The molecule has 2 nitrogen and oxygen atoms in total. The number of methoxy groups -OCH3 is 1. The lowest BCUT2D eigenvalue weighted by Gasteiger charge is -2.09. The Bertz CT molecular complexity index is 341. The number of halogens is 2. The van der Waals surface area contributed by atoms with E-state index >= 15 is 0 Å². The molecule has 15 heavy (non-hydrogen) atoms. The molecule has 0 amide bonds. The summed E-state index contributed by atoms with van der Waals surface area (Å²) in [6.45, 7) is 0. The monoisotopic (exact) mass is 245 g/mol. The Morgan fingerprint density at radius 3 is 2.80 bits per heavy atom. The highest BCUT2D eigenvalue weighted by atomic mass is 35.5. The smallest absolute Gasteiger partial charge is 0.126 e. The van der Waals surface area contributed by atoms with Crippen molar-refractivity contribution >= 4 is 29.3 Å². The highest BCUT2D eigenvalue weighted by Gasteiger charge is 2.06. The Labute approximate surface area is 99.8 Å². The lowest BCUT2D eigenvalue weighted by Crippen LogP contribution is -2.00. The Hall–Kier alpha value is -0.860. The second-order valence-electron chi connectivity index (χ2n) is 2.91. The van der Waals surface area contributed by atoms with Crippen LogP contribution in [-0.2, 0) is 5.88 Å². The summed E-state index contributed by atoms with van der Waals surface area (Å²) in [7, 11) is 3.38. The van der Waals surface area contributed by atoms with E-state index in [1.807, 2.05) is 18.2 Å². The van der Waals surface area contributed by atoms with Crippen molar-refractivity contribution in [2.45, 2.75) is 5.88 Å². The fourth-order valence-corrected chi connectivity index (χ4v) is 1.59. The van der Waals surface area contributed by atoms with Gasteiger partial charge in [-0.05, 0) is 17.7 Å². The van der Waals surface area contributed by atoms with E-state index in [0.29, 0.717) is 11.0 Å². The predicted octanol–water partition coefficient (Wildman–Crippen LogP) is 3.19. The van der Waals surface area contributed by atoms with Crippen LogP contribution in [0.2, 0.25) is 0 Å². The fourth-order valence-electron chi connectivity index (χ4n) is 1.25. The maximum absolute atomic E-state index is 5.91. The van der Waals surface area contributed by atoms with Crippen LogP contribution in [0.4, 0.5) is 0 Å². The van der Waals surface area contributed by atoms with Gasteiger partial charge >= 0.3 is 0 Å². The van der Waals surface area contributed by atoms with Crippen molar-refractivity contribution in [2.75, 3.05) is 14.2 Å². The minimum absolute atomic E-state index is 0.427. The van der Waals surface area contributed by atoms with Gasteiger partial charge in [-0.3, -0.25) is 0 Å². The van der Waals surface area contributed by atoms with Gasteiger partial charge < -0.3 is 10.1 Å². The Kier molecular flexibility index (Phi) is 4.79. The van der Waals surface area contributed by atoms with Crippen LogP contribution in [0.5, 0.6) is 5.75 Å². The van der Waals surface area contributed by atoms with Gasteiger partial charge in [0.25, 0.3) is 0 Å². The first-order valence-electron chi connectivity index (χ1n) is 4.49. The first-order valence-corrected chi connectivity index (χ1v) is 5.41. The topological polar surface area (TPSA) is 21.3 Å². The SMILES string of the molecule is CN/C(Cl)=C\c1c(CCl)cccc1OC. The van der Waals surface area contributed by atoms with Crippen molar-refractivity contribution < 1.29 is 4.74 Å². The number of nitrogens with one attached hydrogen (secondary N) is 1. The quantitative estimate of drug-likeness (QED) is 0.650. The Balaban J connectivity index is 3.22. The summed E-state index contributed by atoms with van der Waals surface area (Å²) in [5.74, 6) is 1.19. The van der Waals surface area contributed by atoms with Crippen LogP contribution < -0.4 is 10.1 Å². The van der Waals surface area contributed by atoms with Crippen LogP contribution in [0.1, 0.15) is 11.1 Å². The van der Waals surface area contributed by atoms with E-state index in [9.17, 15) is 0 Å². The number of hydrogen-bond acceptors (Lipinski definition) is 2. The summed E-state index contributed by atoms with van der Waals surface area (Å²) in [5, 5.41) is 3.39. The summed E-state index contributed by atoms with van der Waals surface area (Å²) in [4.78, 5) is 0. The van der Waals surface area contributed by atoms with Crippen molar-refractivity contribution in [2.24, 2.45) is 0 Å². The normalized spacial score (nSPS) is 11.3. The third-order valence-corrected chi connectivity index (χ3v) is 2.62. The molecule has 0 unspecified atom stereocenters. The van der Waals surface area contributed by atoms with Crippen LogP contribution in [0.3, 0.4) is 0 Å². The summed E-state index contributed by atoms with van der Waals surface area (Å²) in [6.07, 6.45) is 1.80. The number of alkyl halides is 1. The van der Waals surface area contributed by atoms with Crippen molar-refractivity contribution in [3.8, 4) is 5.75 Å². The second-order valence-corrected chi connectivity index (χ2v) is 3.58. The molecule has 1 N–H and O–H groups in total. The molecule has 0 saturated carbocycles. The van der Waals surface area contributed by atoms with E-state index in [1.165, 1.54) is 0 Å². The molecule has 0 aliphatic heterocycles. The second kappa shape index (κ2) is 5.89. The Morgan fingerprint density at radius 2 is 2.27 bits per heavy atom. The fraction of sp³-hybridized carbons (Fsp3) is 0.273. The molecular formula is C11H13Cl2NO. The molecule has 0 aliphatic carbocycles. The molecule has 0 radical (unpaired) electrons. The molecule has 0 aliphatic rings. The van der Waals surface area contributed by atoms with Crippen LogP contribution in [0.15, 0.2) is 23.4 Å². The average Bonchev–Trinajstić information content (AvgIpc) is 2.29. The van der Waals surface area contributed by atoms with Gasteiger partial charge in [-0.2, -0.15) is 0 Å². The van der Waals surface area contributed by atoms with Gasteiger partial charge in [0.05, 0.1) is 7.11 Å². The third kappa shape index (κ3) is 3.05. The molecule has 0 bridgehead atoms. The minimum Gasteiger partial charge on any atom is -0.496 e. The lowest BCUT2D eigenvalue weighted by molar-refractivity contribution is 0.413. The van der Waals surface area contributed by atoms with E-state index in [4.69, 9.17) is 27.9 Å². The largest absolute Gasteiger partial charge is 0.496 e. The molecule has 0 fully saturated rings. The molecule has 0 heterocycles. The maximum atomic E-state index is 5.91. The van der Waals surface area contributed by atoms with Gasteiger partial charge in [0.15, 0.2) is 0 Å². The molecule has 0 saturated heterocycles. The average molecular weight is 246 g/mol. The van der Waals surface area contributed by atoms with E-state index in [-0.39, 0.29) is 0 Å². The van der Waals surface area contributed by atoms with Crippen LogP contribution in [0, 0.1) is 0 Å². The van der Waals surface area contributed by atoms with Crippen molar-refractivity contribution in [1.29, 1.82) is 0 Å². The van der Waals surface area contributed by atoms with E-state index in [2.05, 4.69) is 5.32 Å². The van der Waals surface area contributed by atoms with E-state index < -0.39 is 0 Å². The van der Waals surface area contributed by atoms with Crippen LogP contribution >= 0.6 is 23.2 Å². The number of hydrogen-bond donors (Lipinski definition) is 1.